The predicted octanol–water partition coefficient (Wildman–Crippen LogP) is -2.64. The minimum atomic E-state index is -3.43. The molecule has 0 heterocycles. The van der Waals surface area contributed by atoms with Crippen molar-refractivity contribution in [3.63, 3.8) is 0 Å². The quantitative estimate of drug-likeness (QED) is 0.267. The fraction of sp³-hybridized carbons (Fsp3) is 1.00. The van der Waals surface area contributed by atoms with Gasteiger partial charge in [-0.2, -0.15) is 0 Å². The zero-order chi connectivity index (χ0) is 10.7. The number of hydrogen-bond acceptors (Lipinski definition) is 6. The van der Waals surface area contributed by atoms with Crippen molar-refractivity contribution in [2.24, 2.45) is 5.92 Å². The first-order valence-corrected chi connectivity index (χ1v) is 3.94. The van der Waals surface area contributed by atoms with E-state index in [4.69, 9.17) is 25.5 Å². The molecule has 0 aliphatic rings. The van der Waals surface area contributed by atoms with Gasteiger partial charge in [-0.15, -0.1) is 0 Å². The van der Waals surface area contributed by atoms with Crippen LogP contribution < -0.4 is 0 Å². The summed E-state index contributed by atoms with van der Waals surface area (Å²) >= 11 is 0. The molecule has 0 bridgehead atoms. The van der Waals surface area contributed by atoms with Gasteiger partial charge in [-0.05, 0) is 6.42 Å². The van der Waals surface area contributed by atoms with E-state index in [2.05, 4.69) is 0 Å². The number of aliphatic hydroxyl groups excluding tert-OH is 2. The summed E-state index contributed by atoms with van der Waals surface area (Å²) in [6.07, 6.45) is 0.178. The van der Waals surface area contributed by atoms with Crippen LogP contribution in [0.1, 0.15) is 13.3 Å². The Labute approximate surface area is 75.7 Å². The third kappa shape index (κ3) is 2.37. The Kier molecular flexibility index (Phi) is 4.24. The van der Waals surface area contributed by atoms with E-state index in [1.165, 1.54) is 0 Å². The molecule has 0 saturated carbocycles. The smallest absolute Gasteiger partial charge is 0.308 e. The molecule has 2 unspecified atom stereocenters. The summed E-state index contributed by atoms with van der Waals surface area (Å²) in [5, 5.41) is 53.2. The standard InChI is InChI=1S/C7H16O6/c1-2-5(3-8)6(10,4-9)7(11,12)13/h5,8-13H,2-4H2,1H3. The topological polar surface area (TPSA) is 121 Å². The molecule has 0 radical (unpaired) electrons. The molecule has 0 saturated heterocycles. The maximum Gasteiger partial charge on any atom is 0.308 e. The minimum absolute atomic E-state index is 0.178. The van der Waals surface area contributed by atoms with Gasteiger partial charge < -0.3 is 30.6 Å². The second kappa shape index (κ2) is 4.32. The highest BCUT2D eigenvalue weighted by Crippen LogP contribution is 2.28. The van der Waals surface area contributed by atoms with Crippen LogP contribution in [0.5, 0.6) is 0 Å². The molecule has 0 aromatic rings. The van der Waals surface area contributed by atoms with E-state index in [1.807, 2.05) is 0 Å². The van der Waals surface area contributed by atoms with E-state index >= 15 is 0 Å². The Morgan fingerprint density at radius 2 is 1.54 bits per heavy atom. The van der Waals surface area contributed by atoms with E-state index in [0.717, 1.165) is 0 Å². The molecule has 0 spiro atoms. The van der Waals surface area contributed by atoms with E-state index in [9.17, 15) is 5.11 Å². The maximum absolute atomic E-state index is 9.46. The Morgan fingerprint density at radius 3 is 1.62 bits per heavy atom. The van der Waals surface area contributed by atoms with Gasteiger partial charge in [-0.1, -0.05) is 6.92 Å². The molecule has 6 N–H and O–H groups in total. The van der Waals surface area contributed by atoms with Gasteiger partial charge in [-0.25, -0.2) is 0 Å². The third-order valence-corrected chi connectivity index (χ3v) is 2.21. The molecule has 6 nitrogen and oxygen atoms in total. The molecular formula is C7H16O6. The van der Waals surface area contributed by atoms with Crippen molar-refractivity contribution in [3.05, 3.63) is 0 Å². The van der Waals surface area contributed by atoms with Crippen LogP contribution in [0.25, 0.3) is 0 Å². The van der Waals surface area contributed by atoms with Crippen LogP contribution in [0.4, 0.5) is 0 Å². The maximum atomic E-state index is 9.46. The van der Waals surface area contributed by atoms with Crippen LogP contribution in [0, 0.1) is 5.92 Å². The van der Waals surface area contributed by atoms with Crippen LogP contribution in [0.3, 0.4) is 0 Å². The summed E-state index contributed by atoms with van der Waals surface area (Å²) in [5.74, 6) is -4.44. The van der Waals surface area contributed by atoms with Crippen molar-refractivity contribution in [3.8, 4) is 0 Å². The van der Waals surface area contributed by atoms with E-state index in [1.54, 1.807) is 6.92 Å². The SMILES string of the molecule is CCC(CO)C(O)(CO)C(O)(O)O. The van der Waals surface area contributed by atoms with Crippen LogP contribution in [-0.4, -0.2) is 55.4 Å². The molecule has 2 atom stereocenters. The van der Waals surface area contributed by atoms with Crippen LogP contribution in [0.2, 0.25) is 0 Å². The second-order valence-corrected chi connectivity index (χ2v) is 3.01. The molecule has 0 aromatic heterocycles. The Balaban J connectivity index is 4.80. The van der Waals surface area contributed by atoms with Gasteiger partial charge in [-0.3, -0.25) is 0 Å². The molecule has 0 fully saturated rings. The first kappa shape index (κ1) is 12.8. The summed E-state index contributed by atoms with van der Waals surface area (Å²) in [6.45, 7) is -0.0696. The minimum Gasteiger partial charge on any atom is -0.396 e. The first-order valence-electron chi connectivity index (χ1n) is 3.94. The largest absolute Gasteiger partial charge is 0.396 e. The summed E-state index contributed by atoms with van der Waals surface area (Å²) in [5.41, 5.74) is -2.53. The molecule has 13 heavy (non-hydrogen) atoms. The van der Waals surface area contributed by atoms with Crippen LogP contribution >= 0.6 is 0 Å². The zero-order valence-corrected chi connectivity index (χ0v) is 7.38. The Bertz CT molecular complexity index is 150. The predicted molar refractivity (Wildman–Crippen MR) is 42.3 cm³/mol. The van der Waals surface area contributed by atoms with Crippen molar-refractivity contribution in [1.82, 2.24) is 0 Å². The van der Waals surface area contributed by atoms with Gasteiger partial charge in [0.15, 0.2) is 5.60 Å². The molecule has 80 valence electrons. The molecule has 0 aliphatic carbocycles. The molecule has 0 aromatic carbocycles. The number of hydrogen-bond donors (Lipinski definition) is 6. The molecule has 0 aliphatic heterocycles. The van der Waals surface area contributed by atoms with Crippen LogP contribution in [0.15, 0.2) is 0 Å². The van der Waals surface area contributed by atoms with E-state index in [0.29, 0.717) is 0 Å². The van der Waals surface area contributed by atoms with Crippen molar-refractivity contribution < 1.29 is 30.6 Å². The molecule has 6 heteroatoms. The highest BCUT2D eigenvalue weighted by Gasteiger charge is 2.52. The van der Waals surface area contributed by atoms with Gasteiger partial charge in [0.05, 0.1) is 6.61 Å². The van der Waals surface area contributed by atoms with Gasteiger partial charge in [0.1, 0.15) is 0 Å². The van der Waals surface area contributed by atoms with Gasteiger partial charge in [0.2, 0.25) is 0 Å². The van der Waals surface area contributed by atoms with E-state index < -0.39 is 30.7 Å². The monoisotopic (exact) mass is 196 g/mol. The van der Waals surface area contributed by atoms with Crippen molar-refractivity contribution in [2.75, 3.05) is 13.2 Å². The molecule has 0 rings (SSSR count). The normalized spacial score (nSPS) is 19.6. The Morgan fingerprint density at radius 1 is 1.08 bits per heavy atom. The number of rotatable bonds is 5. The summed E-state index contributed by atoms with van der Waals surface area (Å²) < 4.78 is 0. The Hall–Kier alpha value is -0.240. The summed E-state index contributed by atoms with van der Waals surface area (Å²) in [6, 6.07) is 0. The van der Waals surface area contributed by atoms with Gasteiger partial charge in [0, 0.05) is 12.5 Å². The number of aliphatic hydroxyl groups is 6. The highest BCUT2D eigenvalue weighted by molar-refractivity contribution is 4.90. The van der Waals surface area contributed by atoms with Crippen LogP contribution in [-0.2, 0) is 0 Å². The van der Waals surface area contributed by atoms with Gasteiger partial charge >= 0.3 is 5.97 Å². The molecular weight excluding hydrogens is 180 g/mol. The average Bonchev–Trinajstić information content (AvgIpc) is 2.04. The third-order valence-electron chi connectivity index (χ3n) is 2.21. The van der Waals surface area contributed by atoms with Gasteiger partial charge in [0.25, 0.3) is 0 Å². The van der Waals surface area contributed by atoms with Crippen molar-refractivity contribution in [2.45, 2.75) is 24.9 Å². The summed E-state index contributed by atoms with van der Waals surface area (Å²) in [7, 11) is 0. The van der Waals surface area contributed by atoms with Crippen molar-refractivity contribution >= 4 is 0 Å². The first-order chi connectivity index (χ1) is 5.83. The average molecular weight is 196 g/mol. The zero-order valence-electron chi connectivity index (χ0n) is 7.38. The fourth-order valence-corrected chi connectivity index (χ4v) is 1.13. The highest BCUT2D eigenvalue weighted by atomic mass is 16.7. The second-order valence-electron chi connectivity index (χ2n) is 3.01. The van der Waals surface area contributed by atoms with Crippen molar-refractivity contribution in [1.29, 1.82) is 0 Å². The lowest BCUT2D eigenvalue weighted by atomic mass is 9.84. The molecule has 0 amide bonds. The lowest BCUT2D eigenvalue weighted by Gasteiger charge is -2.38. The lowest BCUT2D eigenvalue weighted by Crippen LogP contribution is -2.62. The lowest BCUT2D eigenvalue weighted by molar-refractivity contribution is -0.408. The van der Waals surface area contributed by atoms with E-state index in [-0.39, 0.29) is 6.42 Å². The fourth-order valence-electron chi connectivity index (χ4n) is 1.13. The summed E-state index contributed by atoms with van der Waals surface area (Å²) in [4.78, 5) is 0.